The van der Waals surface area contributed by atoms with Crippen molar-refractivity contribution in [1.29, 1.82) is 0 Å². The second kappa shape index (κ2) is 4.56. The molecule has 3 aromatic rings. The van der Waals surface area contributed by atoms with Gasteiger partial charge in [-0.2, -0.15) is 0 Å². The fraction of sp³-hybridized carbons (Fsp3) is 0.154. The number of carbonyl (C=O) groups is 1. The van der Waals surface area contributed by atoms with Gasteiger partial charge in [-0.1, -0.05) is 6.07 Å². The van der Waals surface area contributed by atoms with Crippen LogP contribution in [-0.4, -0.2) is 25.7 Å². The van der Waals surface area contributed by atoms with E-state index in [-0.39, 0.29) is 5.91 Å². The summed E-state index contributed by atoms with van der Waals surface area (Å²) in [6, 6.07) is 7.50. The van der Waals surface area contributed by atoms with Crippen LogP contribution < -0.4 is 5.32 Å². The molecular formula is C13H13N5O. The Kier molecular flexibility index (Phi) is 2.75. The molecule has 0 spiro atoms. The van der Waals surface area contributed by atoms with Crippen LogP contribution in [0, 0.1) is 0 Å². The molecule has 0 unspecified atom stereocenters. The molecule has 1 amide bonds. The van der Waals surface area contributed by atoms with Gasteiger partial charge in [0, 0.05) is 29.7 Å². The van der Waals surface area contributed by atoms with E-state index in [9.17, 15) is 4.79 Å². The lowest BCUT2D eigenvalue weighted by Crippen LogP contribution is -2.24. The van der Waals surface area contributed by atoms with E-state index in [0.29, 0.717) is 12.1 Å². The van der Waals surface area contributed by atoms with Gasteiger partial charge in [0.25, 0.3) is 5.91 Å². The summed E-state index contributed by atoms with van der Waals surface area (Å²) < 4.78 is 1.77. The molecule has 0 aliphatic rings. The first-order valence-electron chi connectivity index (χ1n) is 5.93. The molecule has 0 aliphatic carbocycles. The molecule has 0 bridgehead atoms. The number of aromatic nitrogens is 4. The molecule has 0 radical (unpaired) electrons. The van der Waals surface area contributed by atoms with Crippen molar-refractivity contribution >= 4 is 16.8 Å². The molecule has 2 heterocycles. The lowest BCUT2D eigenvalue weighted by atomic mass is 10.1. The van der Waals surface area contributed by atoms with Crippen LogP contribution in [0.3, 0.4) is 0 Å². The highest BCUT2D eigenvalue weighted by Gasteiger charge is 2.11. The summed E-state index contributed by atoms with van der Waals surface area (Å²) in [5.41, 5.74) is 1.60. The number of carbonyl (C=O) groups excluding carboxylic acids is 1. The second-order valence-electron chi connectivity index (χ2n) is 4.29. The fourth-order valence-electron chi connectivity index (χ4n) is 2.01. The van der Waals surface area contributed by atoms with E-state index >= 15 is 0 Å². The van der Waals surface area contributed by atoms with Crippen LogP contribution in [0.15, 0.2) is 36.8 Å². The highest BCUT2D eigenvalue weighted by atomic mass is 16.1. The maximum absolute atomic E-state index is 12.2. The fourth-order valence-corrected chi connectivity index (χ4v) is 2.01. The number of aromatic amines is 1. The van der Waals surface area contributed by atoms with Crippen molar-refractivity contribution in [1.82, 2.24) is 25.1 Å². The molecule has 19 heavy (non-hydrogen) atoms. The van der Waals surface area contributed by atoms with Gasteiger partial charge in [-0.3, -0.25) is 4.79 Å². The van der Waals surface area contributed by atoms with Crippen LogP contribution in [0.4, 0.5) is 0 Å². The molecule has 0 aliphatic heterocycles. The molecule has 6 heteroatoms. The average molecular weight is 255 g/mol. The minimum Gasteiger partial charge on any atom is -0.361 e. The standard InChI is InChI=1S/C13H13N5O/c1-18-8-16-17-12(18)7-15-13(19)10-3-2-4-11-9(10)5-6-14-11/h2-6,8,14H,7H2,1H3,(H,15,19). The first-order chi connectivity index (χ1) is 9.25. The van der Waals surface area contributed by atoms with E-state index in [0.717, 1.165) is 16.7 Å². The summed E-state index contributed by atoms with van der Waals surface area (Å²) in [5, 5.41) is 11.5. The molecule has 6 nitrogen and oxygen atoms in total. The molecule has 96 valence electrons. The molecule has 2 aromatic heterocycles. The van der Waals surface area contributed by atoms with Crippen LogP contribution in [0.2, 0.25) is 0 Å². The molecule has 0 saturated carbocycles. The molecule has 3 rings (SSSR count). The zero-order valence-electron chi connectivity index (χ0n) is 10.4. The summed E-state index contributed by atoms with van der Waals surface area (Å²) in [4.78, 5) is 15.3. The quantitative estimate of drug-likeness (QED) is 0.739. The summed E-state index contributed by atoms with van der Waals surface area (Å²) in [7, 11) is 1.84. The Morgan fingerprint density at radius 3 is 3.11 bits per heavy atom. The summed E-state index contributed by atoms with van der Waals surface area (Å²) >= 11 is 0. The van der Waals surface area contributed by atoms with E-state index in [1.165, 1.54) is 0 Å². The van der Waals surface area contributed by atoms with Crippen molar-refractivity contribution in [3.05, 3.63) is 48.2 Å². The minimum absolute atomic E-state index is 0.117. The number of hydrogen-bond donors (Lipinski definition) is 2. The van der Waals surface area contributed by atoms with Gasteiger partial charge in [0.15, 0.2) is 5.82 Å². The van der Waals surface area contributed by atoms with Crippen molar-refractivity contribution < 1.29 is 4.79 Å². The largest absolute Gasteiger partial charge is 0.361 e. The number of amides is 1. The Bertz CT molecular complexity index is 727. The Labute approximate surface area is 109 Å². The van der Waals surface area contributed by atoms with Crippen molar-refractivity contribution in [2.24, 2.45) is 7.05 Å². The smallest absolute Gasteiger partial charge is 0.252 e. The van der Waals surface area contributed by atoms with Crippen molar-refractivity contribution in [3.63, 3.8) is 0 Å². The predicted molar refractivity (Wildman–Crippen MR) is 70.5 cm³/mol. The number of H-pyrrole nitrogens is 1. The van der Waals surface area contributed by atoms with Crippen molar-refractivity contribution in [2.75, 3.05) is 0 Å². The van der Waals surface area contributed by atoms with Gasteiger partial charge in [-0.15, -0.1) is 10.2 Å². The zero-order chi connectivity index (χ0) is 13.2. The highest BCUT2D eigenvalue weighted by molar-refractivity contribution is 6.06. The molecule has 0 fully saturated rings. The number of aryl methyl sites for hydroxylation is 1. The monoisotopic (exact) mass is 255 g/mol. The minimum atomic E-state index is -0.117. The van der Waals surface area contributed by atoms with Gasteiger partial charge in [0.05, 0.1) is 6.54 Å². The highest BCUT2D eigenvalue weighted by Crippen LogP contribution is 2.17. The number of hydrogen-bond acceptors (Lipinski definition) is 3. The van der Waals surface area contributed by atoms with Gasteiger partial charge in [-0.25, -0.2) is 0 Å². The third kappa shape index (κ3) is 2.08. The van der Waals surface area contributed by atoms with Crippen molar-refractivity contribution in [2.45, 2.75) is 6.54 Å². The van der Waals surface area contributed by atoms with E-state index in [1.54, 1.807) is 10.9 Å². The molecular weight excluding hydrogens is 242 g/mol. The SMILES string of the molecule is Cn1cnnc1CNC(=O)c1cccc2[nH]ccc12. The topological polar surface area (TPSA) is 75.6 Å². The summed E-state index contributed by atoms with van der Waals surface area (Å²) in [6.45, 7) is 0.357. The number of nitrogens with one attached hydrogen (secondary N) is 2. The lowest BCUT2D eigenvalue weighted by molar-refractivity contribution is 0.0951. The first-order valence-corrected chi connectivity index (χ1v) is 5.93. The summed E-state index contributed by atoms with van der Waals surface area (Å²) in [5.74, 6) is 0.600. The van der Waals surface area contributed by atoms with Gasteiger partial charge < -0.3 is 14.9 Å². The maximum Gasteiger partial charge on any atom is 0.252 e. The molecule has 0 saturated heterocycles. The first kappa shape index (κ1) is 11.5. The number of fused-ring (bicyclic) bond motifs is 1. The molecule has 0 atom stereocenters. The average Bonchev–Trinajstić information content (AvgIpc) is 3.04. The normalized spacial score (nSPS) is 10.8. The Morgan fingerprint density at radius 1 is 1.42 bits per heavy atom. The Hall–Kier alpha value is -2.63. The van der Waals surface area contributed by atoms with Gasteiger partial charge in [0.1, 0.15) is 6.33 Å². The van der Waals surface area contributed by atoms with E-state index < -0.39 is 0 Å². The van der Waals surface area contributed by atoms with E-state index in [2.05, 4.69) is 20.5 Å². The van der Waals surface area contributed by atoms with Gasteiger partial charge in [-0.05, 0) is 18.2 Å². The van der Waals surface area contributed by atoms with Gasteiger partial charge >= 0.3 is 0 Å². The van der Waals surface area contributed by atoms with E-state index in [4.69, 9.17) is 0 Å². The maximum atomic E-state index is 12.2. The predicted octanol–water partition coefficient (Wildman–Crippen LogP) is 1.23. The Balaban J connectivity index is 1.81. The summed E-state index contributed by atoms with van der Waals surface area (Å²) in [6.07, 6.45) is 3.43. The van der Waals surface area contributed by atoms with Crippen LogP contribution in [0.5, 0.6) is 0 Å². The Morgan fingerprint density at radius 2 is 2.32 bits per heavy atom. The lowest BCUT2D eigenvalue weighted by Gasteiger charge is -2.05. The third-order valence-corrected chi connectivity index (χ3v) is 3.05. The van der Waals surface area contributed by atoms with Crippen LogP contribution in [0.1, 0.15) is 16.2 Å². The third-order valence-electron chi connectivity index (χ3n) is 3.05. The number of benzene rings is 1. The zero-order valence-corrected chi connectivity index (χ0v) is 10.4. The van der Waals surface area contributed by atoms with E-state index in [1.807, 2.05) is 37.5 Å². The van der Waals surface area contributed by atoms with Crippen molar-refractivity contribution in [3.8, 4) is 0 Å². The number of nitrogens with zero attached hydrogens (tertiary/aromatic N) is 3. The van der Waals surface area contributed by atoms with Crippen LogP contribution in [-0.2, 0) is 13.6 Å². The second-order valence-corrected chi connectivity index (χ2v) is 4.29. The van der Waals surface area contributed by atoms with Gasteiger partial charge in [0.2, 0.25) is 0 Å². The van der Waals surface area contributed by atoms with Crippen LogP contribution in [0.25, 0.3) is 10.9 Å². The van der Waals surface area contributed by atoms with Crippen LogP contribution >= 0.6 is 0 Å². The number of rotatable bonds is 3. The molecule has 2 N–H and O–H groups in total. The molecule has 1 aromatic carbocycles.